The zero-order chi connectivity index (χ0) is 19.6. The van der Waals surface area contributed by atoms with Crippen LogP contribution in [-0.2, 0) is 11.2 Å². The van der Waals surface area contributed by atoms with Gasteiger partial charge in [-0.2, -0.15) is 0 Å². The van der Waals surface area contributed by atoms with Gasteiger partial charge in [-0.25, -0.2) is 14.4 Å². The van der Waals surface area contributed by atoms with E-state index in [2.05, 4.69) is 37.8 Å². The molecule has 8 heteroatoms. The quantitative estimate of drug-likeness (QED) is 0.649. The number of carbonyl (C=O) groups excluding carboxylic acids is 2. The average molecular weight is 369 g/mol. The van der Waals surface area contributed by atoms with Crippen LogP contribution >= 0.6 is 0 Å². The predicted molar refractivity (Wildman–Crippen MR) is 101 cm³/mol. The molecule has 140 valence electrons. The molecule has 0 spiro atoms. The summed E-state index contributed by atoms with van der Waals surface area (Å²) in [6.07, 6.45) is 3.17. The van der Waals surface area contributed by atoms with Crippen molar-refractivity contribution in [2.75, 3.05) is 24.2 Å². The van der Waals surface area contributed by atoms with Gasteiger partial charge in [0, 0.05) is 19.2 Å². The first-order chi connectivity index (χ1) is 13.0. The number of anilines is 2. The molecule has 2 amide bonds. The Morgan fingerprint density at radius 3 is 2.70 bits per heavy atom. The van der Waals surface area contributed by atoms with E-state index in [-0.39, 0.29) is 24.4 Å². The van der Waals surface area contributed by atoms with Gasteiger partial charge in [0.2, 0.25) is 5.91 Å². The normalized spacial score (nSPS) is 9.74. The Kier molecular flexibility index (Phi) is 7.26. The SMILES string of the molecule is CC#CCNc1cnc(C(=O)Nc2ccc(F)c(CCC(=O)NC)c2)cn1. The molecule has 0 aliphatic heterocycles. The van der Waals surface area contributed by atoms with Crippen LogP contribution in [0.5, 0.6) is 0 Å². The first kappa shape index (κ1) is 19.8. The van der Waals surface area contributed by atoms with Crippen molar-refractivity contribution in [3.05, 3.63) is 47.7 Å². The summed E-state index contributed by atoms with van der Waals surface area (Å²) in [5.74, 6) is 5.01. The number of hydrogen-bond acceptors (Lipinski definition) is 5. The van der Waals surface area contributed by atoms with Crippen LogP contribution in [-0.4, -0.2) is 35.4 Å². The van der Waals surface area contributed by atoms with Crippen molar-refractivity contribution in [3.63, 3.8) is 0 Å². The third-order valence-corrected chi connectivity index (χ3v) is 3.62. The molecule has 0 aliphatic carbocycles. The maximum atomic E-state index is 13.9. The molecule has 7 nitrogen and oxygen atoms in total. The summed E-state index contributed by atoms with van der Waals surface area (Å²) < 4.78 is 13.9. The molecular weight excluding hydrogens is 349 g/mol. The van der Waals surface area contributed by atoms with E-state index in [9.17, 15) is 14.0 Å². The zero-order valence-electron chi connectivity index (χ0n) is 15.1. The van der Waals surface area contributed by atoms with E-state index in [0.717, 1.165) is 0 Å². The number of aryl methyl sites for hydroxylation is 1. The van der Waals surface area contributed by atoms with Crippen LogP contribution in [0.15, 0.2) is 30.6 Å². The summed E-state index contributed by atoms with van der Waals surface area (Å²) in [4.78, 5) is 31.8. The highest BCUT2D eigenvalue weighted by atomic mass is 19.1. The minimum absolute atomic E-state index is 0.123. The fourth-order valence-electron chi connectivity index (χ4n) is 2.17. The third-order valence-electron chi connectivity index (χ3n) is 3.62. The molecular formula is C19H20FN5O2. The predicted octanol–water partition coefficient (Wildman–Crippen LogP) is 1.98. The van der Waals surface area contributed by atoms with Crippen molar-refractivity contribution in [2.24, 2.45) is 0 Å². The van der Waals surface area contributed by atoms with Crippen molar-refractivity contribution < 1.29 is 14.0 Å². The van der Waals surface area contributed by atoms with Gasteiger partial charge in [0.1, 0.15) is 17.3 Å². The lowest BCUT2D eigenvalue weighted by atomic mass is 10.1. The maximum Gasteiger partial charge on any atom is 0.275 e. The second-order valence-electron chi connectivity index (χ2n) is 5.50. The fraction of sp³-hybridized carbons (Fsp3) is 0.263. The van der Waals surface area contributed by atoms with E-state index in [0.29, 0.717) is 23.6 Å². The van der Waals surface area contributed by atoms with Crippen LogP contribution in [0.4, 0.5) is 15.9 Å². The molecule has 0 saturated heterocycles. The molecule has 0 bridgehead atoms. The Hall–Kier alpha value is -3.47. The van der Waals surface area contributed by atoms with Gasteiger partial charge in [0.15, 0.2) is 0 Å². The van der Waals surface area contributed by atoms with E-state index in [4.69, 9.17) is 0 Å². The van der Waals surface area contributed by atoms with E-state index >= 15 is 0 Å². The number of rotatable bonds is 7. The molecule has 1 aromatic carbocycles. The molecule has 1 heterocycles. The topological polar surface area (TPSA) is 96.0 Å². The lowest BCUT2D eigenvalue weighted by molar-refractivity contribution is -0.120. The minimum atomic E-state index is -0.466. The monoisotopic (exact) mass is 369 g/mol. The highest BCUT2D eigenvalue weighted by Gasteiger charge is 2.11. The van der Waals surface area contributed by atoms with Crippen molar-refractivity contribution in [2.45, 2.75) is 19.8 Å². The van der Waals surface area contributed by atoms with Gasteiger partial charge in [-0.05, 0) is 37.1 Å². The molecule has 0 saturated carbocycles. The van der Waals surface area contributed by atoms with Crippen LogP contribution in [0.2, 0.25) is 0 Å². The summed E-state index contributed by atoms with van der Waals surface area (Å²) in [6.45, 7) is 2.17. The Morgan fingerprint density at radius 2 is 2.04 bits per heavy atom. The largest absolute Gasteiger partial charge is 0.359 e. The van der Waals surface area contributed by atoms with E-state index < -0.39 is 11.7 Å². The van der Waals surface area contributed by atoms with Crippen LogP contribution in [0.3, 0.4) is 0 Å². The van der Waals surface area contributed by atoms with Crippen molar-refractivity contribution in [1.29, 1.82) is 0 Å². The molecule has 3 N–H and O–H groups in total. The first-order valence-electron chi connectivity index (χ1n) is 8.29. The lowest BCUT2D eigenvalue weighted by Crippen LogP contribution is -2.18. The number of halogens is 1. The first-order valence-corrected chi connectivity index (χ1v) is 8.29. The molecule has 2 rings (SSSR count). The Balaban J connectivity index is 2.02. The van der Waals surface area contributed by atoms with Crippen molar-refractivity contribution in [3.8, 4) is 11.8 Å². The van der Waals surface area contributed by atoms with E-state index in [1.165, 1.54) is 37.6 Å². The lowest BCUT2D eigenvalue weighted by Gasteiger charge is -2.09. The maximum absolute atomic E-state index is 13.9. The van der Waals surface area contributed by atoms with Crippen molar-refractivity contribution in [1.82, 2.24) is 15.3 Å². The Labute approximate surface area is 156 Å². The number of amides is 2. The van der Waals surface area contributed by atoms with Gasteiger partial charge in [0.25, 0.3) is 5.91 Å². The highest BCUT2D eigenvalue weighted by molar-refractivity contribution is 6.02. The van der Waals surface area contributed by atoms with Gasteiger partial charge in [-0.3, -0.25) is 9.59 Å². The van der Waals surface area contributed by atoms with Crippen LogP contribution in [0.25, 0.3) is 0 Å². The standard InChI is InChI=1S/C19H20FN5O2/c1-3-4-9-22-17-12-23-16(11-24-17)19(27)25-14-6-7-15(20)13(10-14)5-8-18(26)21-2/h6-7,10-12H,5,8-9H2,1-2H3,(H,21,26)(H,22,24)(H,25,27). The number of carbonyl (C=O) groups is 2. The van der Waals surface area contributed by atoms with E-state index in [1.807, 2.05) is 0 Å². The highest BCUT2D eigenvalue weighted by Crippen LogP contribution is 2.17. The summed E-state index contributed by atoms with van der Waals surface area (Å²) >= 11 is 0. The van der Waals surface area contributed by atoms with Gasteiger partial charge < -0.3 is 16.0 Å². The van der Waals surface area contributed by atoms with Gasteiger partial charge in [0.05, 0.1) is 18.9 Å². The second-order valence-corrected chi connectivity index (χ2v) is 5.50. The van der Waals surface area contributed by atoms with E-state index in [1.54, 1.807) is 6.92 Å². The summed E-state index contributed by atoms with van der Waals surface area (Å²) in [7, 11) is 1.52. The smallest absolute Gasteiger partial charge is 0.275 e. The number of nitrogens with zero attached hydrogens (tertiary/aromatic N) is 2. The molecule has 0 fully saturated rings. The molecule has 27 heavy (non-hydrogen) atoms. The Bertz CT molecular complexity index is 872. The second kappa shape index (κ2) is 9.87. The van der Waals surface area contributed by atoms with Crippen molar-refractivity contribution >= 4 is 23.3 Å². The summed E-state index contributed by atoms with van der Waals surface area (Å²) in [5.41, 5.74) is 0.882. The Morgan fingerprint density at radius 1 is 1.22 bits per heavy atom. The van der Waals surface area contributed by atoms with Gasteiger partial charge >= 0.3 is 0 Å². The molecule has 1 aromatic heterocycles. The minimum Gasteiger partial charge on any atom is -0.359 e. The fourth-order valence-corrected chi connectivity index (χ4v) is 2.17. The molecule has 0 aliphatic rings. The average Bonchev–Trinajstić information content (AvgIpc) is 2.68. The number of benzene rings is 1. The number of nitrogens with one attached hydrogen (secondary N) is 3. The van der Waals surface area contributed by atoms with Crippen LogP contribution in [0, 0.1) is 17.7 Å². The zero-order valence-corrected chi connectivity index (χ0v) is 15.1. The number of hydrogen-bond donors (Lipinski definition) is 3. The summed E-state index contributed by atoms with van der Waals surface area (Å²) in [5, 5.41) is 8.08. The third kappa shape index (κ3) is 6.08. The summed E-state index contributed by atoms with van der Waals surface area (Å²) in [6, 6.07) is 4.20. The van der Waals surface area contributed by atoms with Crippen LogP contribution in [0.1, 0.15) is 29.4 Å². The molecule has 0 unspecified atom stereocenters. The van der Waals surface area contributed by atoms with Crippen LogP contribution < -0.4 is 16.0 Å². The molecule has 0 radical (unpaired) electrons. The molecule has 2 aromatic rings. The molecule has 0 atom stereocenters. The van der Waals surface area contributed by atoms with Gasteiger partial charge in [-0.1, -0.05) is 5.92 Å². The number of aromatic nitrogens is 2. The van der Waals surface area contributed by atoms with Gasteiger partial charge in [-0.15, -0.1) is 5.92 Å².